The first kappa shape index (κ1) is 19.7. The van der Waals surface area contributed by atoms with E-state index < -0.39 is 18.0 Å². The fraction of sp³-hybridized carbons (Fsp3) is 0.316. The van der Waals surface area contributed by atoms with Crippen LogP contribution in [0.5, 0.6) is 0 Å². The molecule has 7 nitrogen and oxygen atoms in total. The summed E-state index contributed by atoms with van der Waals surface area (Å²) in [6, 6.07) is 8.60. The van der Waals surface area contributed by atoms with Crippen LogP contribution in [0.3, 0.4) is 0 Å². The maximum Gasteiger partial charge on any atom is 0.274 e. The molecule has 10 heteroatoms. The van der Waals surface area contributed by atoms with Crippen LogP contribution in [0.25, 0.3) is 5.52 Å². The van der Waals surface area contributed by atoms with Crippen molar-refractivity contribution in [1.29, 1.82) is 0 Å². The van der Waals surface area contributed by atoms with E-state index in [2.05, 4.69) is 36.6 Å². The molecule has 0 saturated heterocycles. The van der Waals surface area contributed by atoms with Gasteiger partial charge in [0.15, 0.2) is 0 Å². The van der Waals surface area contributed by atoms with Gasteiger partial charge < -0.3 is 16.4 Å². The van der Waals surface area contributed by atoms with Crippen LogP contribution >= 0.6 is 15.9 Å². The predicted molar refractivity (Wildman–Crippen MR) is 109 cm³/mol. The number of alkyl halides is 2. The highest BCUT2D eigenvalue weighted by Crippen LogP contribution is 2.33. The number of rotatable bonds is 4. The fourth-order valence-corrected chi connectivity index (χ4v) is 3.80. The molecule has 1 fully saturated rings. The molecular formula is C19H19BrF2N6O. The second-order valence-corrected chi connectivity index (χ2v) is 7.86. The zero-order valence-corrected chi connectivity index (χ0v) is 16.9. The molecule has 4 N–H and O–H groups in total. The highest BCUT2D eigenvalue weighted by molar-refractivity contribution is 9.10. The third kappa shape index (κ3) is 3.95. The minimum Gasteiger partial charge on any atom is -0.348 e. The number of aromatic nitrogens is 3. The van der Waals surface area contributed by atoms with Gasteiger partial charge in [0.25, 0.3) is 11.8 Å². The number of halogens is 3. The predicted octanol–water partition coefficient (Wildman–Crippen LogP) is 3.67. The van der Waals surface area contributed by atoms with Crippen molar-refractivity contribution in [2.75, 3.05) is 10.6 Å². The standard InChI is InChI=1S/C19H19BrF2N6O/c20-12-4-1-2-5-13(12)25-17(29)15-8-7-11-10-24-18(27-28(11)15)26-14-6-3-9-19(21,22)16(14)23/h1-2,4-5,7-8,10,14,16H,3,6,9,23H2,(H,25,29)(H,26,27)/t14-,16-/m1/s1. The number of fused-ring (bicyclic) bond motifs is 1. The number of anilines is 2. The summed E-state index contributed by atoms with van der Waals surface area (Å²) < 4.78 is 30.0. The van der Waals surface area contributed by atoms with Crippen LogP contribution in [-0.4, -0.2) is 38.5 Å². The number of benzene rings is 1. The zero-order chi connectivity index (χ0) is 20.6. The van der Waals surface area contributed by atoms with Crippen molar-refractivity contribution >= 4 is 39.0 Å². The molecule has 29 heavy (non-hydrogen) atoms. The van der Waals surface area contributed by atoms with Gasteiger partial charge in [-0.3, -0.25) is 4.79 Å². The van der Waals surface area contributed by atoms with E-state index in [1.54, 1.807) is 18.2 Å². The Morgan fingerprint density at radius 2 is 2.07 bits per heavy atom. The van der Waals surface area contributed by atoms with Crippen molar-refractivity contribution in [3.05, 3.63) is 52.8 Å². The summed E-state index contributed by atoms with van der Waals surface area (Å²) in [5.41, 5.74) is 7.25. The minimum atomic E-state index is -2.93. The van der Waals surface area contributed by atoms with Crippen LogP contribution in [0.4, 0.5) is 20.4 Å². The van der Waals surface area contributed by atoms with E-state index in [0.717, 1.165) is 4.47 Å². The SMILES string of the molecule is N[C@@H]1[C@H](Nc2ncc3ccc(C(=O)Nc4ccccc4Br)n3n2)CCCC1(F)F. The van der Waals surface area contributed by atoms with Crippen molar-refractivity contribution in [1.82, 2.24) is 14.6 Å². The second kappa shape index (κ2) is 7.68. The lowest BCUT2D eigenvalue weighted by molar-refractivity contribution is -0.0555. The summed E-state index contributed by atoms with van der Waals surface area (Å²) >= 11 is 3.39. The molecule has 2 aromatic heterocycles. The molecule has 1 aliphatic carbocycles. The van der Waals surface area contributed by atoms with Crippen LogP contribution in [0.1, 0.15) is 29.8 Å². The third-order valence-corrected chi connectivity index (χ3v) is 5.71. The highest BCUT2D eigenvalue weighted by atomic mass is 79.9. The smallest absolute Gasteiger partial charge is 0.274 e. The monoisotopic (exact) mass is 464 g/mol. The Kier molecular flexibility index (Phi) is 5.22. The van der Waals surface area contributed by atoms with Crippen LogP contribution in [0.15, 0.2) is 47.1 Å². The Bertz CT molecular complexity index is 1060. The van der Waals surface area contributed by atoms with Crippen molar-refractivity contribution in [3.8, 4) is 0 Å². The molecule has 2 atom stereocenters. The molecule has 1 aromatic carbocycles. The molecular weight excluding hydrogens is 446 g/mol. The summed E-state index contributed by atoms with van der Waals surface area (Å²) in [7, 11) is 0. The molecule has 1 saturated carbocycles. The summed E-state index contributed by atoms with van der Waals surface area (Å²) in [6.45, 7) is 0. The zero-order valence-electron chi connectivity index (χ0n) is 15.3. The maximum atomic E-state index is 13.9. The van der Waals surface area contributed by atoms with Gasteiger partial charge in [-0.25, -0.2) is 18.3 Å². The molecule has 0 spiro atoms. The summed E-state index contributed by atoms with van der Waals surface area (Å²) in [5, 5.41) is 10.0. The Hall–Kier alpha value is -2.59. The number of nitrogens with zero attached hydrogens (tertiary/aromatic N) is 3. The number of hydrogen-bond donors (Lipinski definition) is 3. The maximum absolute atomic E-state index is 13.9. The van der Waals surface area contributed by atoms with Gasteiger partial charge in [-0.2, -0.15) is 0 Å². The molecule has 0 aliphatic heterocycles. The van der Waals surface area contributed by atoms with Crippen LogP contribution in [-0.2, 0) is 0 Å². The molecule has 152 valence electrons. The van der Waals surface area contributed by atoms with Gasteiger partial charge in [0.1, 0.15) is 5.69 Å². The van der Waals surface area contributed by atoms with Gasteiger partial charge in [-0.1, -0.05) is 12.1 Å². The molecule has 0 bridgehead atoms. The normalized spacial score (nSPS) is 21.1. The van der Waals surface area contributed by atoms with Crippen molar-refractivity contribution < 1.29 is 13.6 Å². The number of nitrogens with two attached hydrogens (primary N) is 1. The van der Waals surface area contributed by atoms with Crippen molar-refractivity contribution in [3.63, 3.8) is 0 Å². The molecule has 0 unspecified atom stereocenters. The highest BCUT2D eigenvalue weighted by Gasteiger charge is 2.44. The van der Waals surface area contributed by atoms with Gasteiger partial charge >= 0.3 is 0 Å². The fourth-order valence-electron chi connectivity index (χ4n) is 3.41. The lowest BCUT2D eigenvalue weighted by Crippen LogP contribution is -2.55. The number of hydrogen-bond acceptors (Lipinski definition) is 5. The van der Waals surface area contributed by atoms with Gasteiger partial charge in [-0.15, -0.1) is 5.10 Å². The molecule has 2 heterocycles. The van der Waals surface area contributed by atoms with E-state index >= 15 is 0 Å². The van der Waals surface area contributed by atoms with E-state index in [-0.39, 0.29) is 18.3 Å². The van der Waals surface area contributed by atoms with Crippen LogP contribution in [0.2, 0.25) is 0 Å². The second-order valence-electron chi connectivity index (χ2n) is 7.00. The lowest BCUT2D eigenvalue weighted by Gasteiger charge is -2.35. The molecule has 3 aromatic rings. The lowest BCUT2D eigenvalue weighted by atomic mass is 9.87. The van der Waals surface area contributed by atoms with E-state index in [4.69, 9.17) is 5.73 Å². The largest absolute Gasteiger partial charge is 0.348 e. The molecule has 1 amide bonds. The number of carbonyl (C=O) groups excluding carboxylic acids is 1. The number of para-hydroxylation sites is 1. The molecule has 0 radical (unpaired) electrons. The van der Waals surface area contributed by atoms with E-state index in [1.807, 2.05) is 18.2 Å². The van der Waals surface area contributed by atoms with Crippen LogP contribution < -0.4 is 16.4 Å². The Labute approximate surface area is 173 Å². The molecule has 1 aliphatic rings. The first-order valence-corrected chi connectivity index (χ1v) is 9.95. The Balaban J connectivity index is 1.58. The van der Waals surface area contributed by atoms with Gasteiger partial charge in [-0.05, 0) is 53.0 Å². The van der Waals surface area contributed by atoms with Crippen LogP contribution in [0, 0.1) is 0 Å². The average Bonchev–Trinajstić information content (AvgIpc) is 3.11. The third-order valence-electron chi connectivity index (χ3n) is 5.01. The number of nitrogens with one attached hydrogen (secondary N) is 2. The summed E-state index contributed by atoms with van der Waals surface area (Å²) in [6.07, 6.45) is 2.17. The summed E-state index contributed by atoms with van der Waals surface area (Å²) in [5.74, 6) is -3.15. The van der Waals surface area contributed by atoms with Crippen molar-refractivity contribution in [2.45, 2.75) is 37.3 Å². The molecule has 4 rings (SSSR count). The first-order valence-electron chi connectivity index (χ1n) is 9.16. The number of amides is 1. The van der Waals surface area contributed by atoms with E-state index in [9.17, 15) is 13.6 Å². The Morgan fingerprint density at radius 3 is 2.86 bits per heavy atom. The van der Waals surface area contributed by atoms with Crippen molar-refractivity contribution in [2.24, 2.45) is 5.73 Å². The first-order chi connectivity index (χ1) is 13.8. The van der Waals surface area contributed by atoms with Gasteiger partial charge in [0.2, 0.25) is 5.95 Å². The Morgan fingerprint density at radius 1 is 1.28 bits per heavy atom. The van der Waals surface area contributed by atoms with E-state index in [1.165, 1.54) is 10.7 Å². The minimum absolute atomic E-state index is 0.141. The number of carbonyl (C=O) groups is 1. The average molecular weight is 465 g/mol. The van der Waals surface area contributed by atoms with Gasteiger partial charge in [0, 0.05) is 10.9 Å². The summed E-state index contributed by atoms with van der Waals surface area (Å²) in [4.78, 5) is 16.9. The topological polar surface area (TPSA) is 97.3 Å². The van der Waals surface area contributed by atoms with Gasteiger partial charge in [0.05, 0.1) is 29.5 Å². The quantitative estimate of drug-likeness (QED) is 0.547. The van der Waals surface area contributed by atoms with E-state index in [0.29, 0.717) is 29.7 Å².